The average Bonchev–Trinajstić information content (AvgIpc) is 2.66. The Labute approximate surface area is 131 Å². The minimum Gasteiger partial charge on any atom is -0.311 e. The van der Waals surface area contributed by atoms with E-state index in [1.807, 2.05) is 0 Å². The zero-order valence-corrected chi connectivity index (χ0v) is 12.4. The number of para-hydroxylation sites is 2. The van der Waals surface area contributed by atoms with Crippen LogP contribution in [-0.2, 0) is 4.79 Å². The van der Waals surface area contributed by atoms with Gasteiger partial charge in [0.05, 0.1) is 17.9 Å². The first-order valence-corrected chi connectivity index (χ1v) is 7.07. The van der Waals surface area contributed by atoms with E-state index in [2.05, 4.69) is 0 Å². The molecule has 4 nitrogen and oxygen atoms in total. The molecule has 1 aliphatic rings. The quantitative estimate of drug-likeness (QED) is 0.812. The van der Waals surface area contributed by atoms with Gasteiger partial charge in [-0.15, -0.1) is 0 Å². The number of carbonyl (C=O) groups excluding carboxylic acids is 2. The molecule has 0 unspecified atom stereocenters. The highest BCUT2D eigenvalue weighted by Crippen LogP contribution is 2.33. The third kappa shape index (κ3) is 2.67. The first-order valence-electron chi connectivity index (χ1n) is 7.07. The number of alkyl halides is 1. The number of carbonyl (C=O) groups is 2. The van der Waals surface area contributed by atoms with Gasteiger partial charge in [-0.25, -0.2) is 8.78 Å². The Bertz CT molecular complexity index is 761. The normalized spacial score (nSPS) is 17.7. The van der Waals surface area contributed by atoms with Crippen molar-refractivity contribution in [3.8, 4) is 0 Å². The van der Waals surface area contributed by atoms with Crippen molar-refractivity contribution < 1.29 is 18.4 Å². The molecule has 6 heteroatoms. The molecule has 2 aromatic rings. The van der Waals surface area contributed by atoms with Gasteiger partial charge in [0.25, 0.3) is 11.8 Å². The van der Waals surface area contributed by atoms with Gasteiger partial charge >= 0.3 is 0 Å². The monoisotopic (exact) mass is 316 g/mol. The van der Waals surface area contributed by atoms with E-state index in [0.717, 1.165) is 0 Å². The van der Waals surface area contributed by atoms with Crippen LogP contribution in [0.4, 0.5) is 20.2 Å². The van der Waals surface area contributed by atoms with E-state index < -0.39 is 23.8 Å². The maximum atomic E-state index is 14.2. The lowest BCUT2D eigenvalue weighted by Gasteiger charge is -2.23. The van der Waals surface area contributed by atoms with Gasteiger partial charge in [-0.1, -0.05) is 12.1 Å². The number of hydrogen-bond acceptors (Lipinski definition) is 2. The predicted molar refractivity (Wildman–Crippen MR) is 82.8 cm³/mol. The van der Waals surface area contributed by atoms with Crippen LogP contribution in [0.25, 0.3) is 0 Å². The van der Waals surface area contributed by atoms with Gasteiger partial charge in [-0.05, 0) is 36.4 Å². The second-order valence-corrected chi connectivity index (χ2v) is 5.28. The van der Waals surface area contributed by atoms with Crippen molar-refractivity contribution in [1.29, 1.82) is 0 Å². The lowest BCUT2D eigenvalue weighted by atomic mass is 10.1. The molecule has 1 atom stereocenters. The molecule has 0 bridgehead atoms. The number of fused-ring (bicyclic) bond motifs is 1. The van der Waals surface area contributed by atoms with E-state index in [1.54, 1.807) is 24.3 Å². The van der Waals surface area contributed by atoms with Crippen LogP contribution in [0.3, 0.4) is 0 Å². The summed E-state index contributed by atoms with van der Waals surface area (Å²) in [6, 6.07) is 11.7. The fraction of sp³-hybridized carbons (Fsp3) is 0.176. The van der Waals surface area contributed by atoms with Crippen molar-refractivity contribution in [1.82, 2.24) is 0 Å². The summed E-state index contributed by atoms with van der Waals surface area (Å²) in [5.41, 5.74) is 1.12. The summed E-state index contributed by atoms with van der Waals surface area (Å²) < 4.78 is 27.2. The van der Waals surface area contributed by atoms with Crippen molar-refractivity contribution in [2.45, 2.75) is 6.17 Å². The molecule has 0 fully saturated rings. The molecule has 0 radical (unpaired) electrons. The van der Waals surface area contributed by atoms with Crippen LogP contribution < -0.4 is 9.80 Å². The molecule has 118 valence electrons. The second kappa shape index (κ2) is 5.79. The van der Waals surface area contributed by atoms with E-state index in [1.165, 1.54) is 41.1 Å². The molecule has 0 saturated heterocycles. The van der Waals surface area contributed by atoms with Crippen LogP contribution in [0.15, 0.2) is 48.5 Å². The molecule has 23 heavy (non-hydrogen) atoms. The standard InChI is InChI=1S/C17H14F2N2O2/c1-20-14-4-2-3-5-15(14)21(10-13(19)17(20)23)16(22)11-6-8-12(18)9-7-11/h2-9,13H,10H2,1H3/t13-/m0/s1. The molecule has 0 saturated carbocycles. The van der Waals surface area contributed by atoms with Crippen molar-refractivity contribution in [3.63, 3.8) is 0 Å². The Kier molecular flexibility index (Phi) is 3.82. The van der Waals surface area contributed by atoms with E-state index >= 15 is 0 Å². The Hall–Kier alpha value is -2.76. The summed E-state index contributed by atoms with van der Waals surface area (Å²) in [5, 5.41) is 0. The number of amides is 2. The highest BCUT2D eigenvalue weighted by molar-refractivity contribution is 6.11. The summed E-state index contributed by atoms with van der Waals surface area (Å²) in [7, 11) is 1.47. The lowest BCUT2D eigenvalue weighted by molar-refractivity contribution is -0.122. The predicted octanol–water partition coefficient (Wildman–Crippen LogP) is 2.79. The smallest absolute Gasteiger partial charge is 0.263 e. The summed E-state index contributed by atoms with van der Waals surface area (Å²) in [6.07, 6.45) is -1.82. The number of hydrogen-bond donors (Lipinski definition) is 0. The number of halogens is 2. The van der Waals surface area contributed by atoms with E-state index in [0.29, 0.717) is 11.4 Å². The topological polar surface area (TPSA) is 40.6 Å². The lowest BCUT2D eigenvalue weighted by Crippen LogP contribution is -2.39. The number of anilines is 2. The number of benzene rings is 2. The first kappa shape index (κ1) is 15.1. The van der Waals surface area contributed by atoms with Crippen molar-refractivity contribution >= 4 is 23.2 Å². The number of nitrogens with zero attached hydrogens (tertiary/aromatic N) is 2. The molecule has 2 amide bonds. The van der Waals surface area contributed by atoms with Crippen molar-refractivity contribution in [2.75, 3.05) is 23.4 Å². The Morgan fingerprint density at radius 2 is 1.70 bits per heavy atom. The maximum Gasteiger partial charge on any atom is 0.263 e. The minimum absolute atomic E-state index is 0.227. The van der Waals surface area contributed by atoms with Gasteiger partial charge < -0.3 is 9.80 Å². The molecule has 0 spiro atoms. The van der Waals surface area contributed by atoms with E-state index in [-0.39, 0.29) is 12.1 Å². The molecule has 2 aromatic carbocycles. The van der Waals surface area contributed by atoms with Gasteiger partial charge in [0, 0.05) is 12.6 Å². The molecule has 3 rings (SSSR count). The Morgan fingerprint density at radius 3 is 2.35 bits per heavy atom. The molecule has 1 aliphatic heterocycles. The first-order chi connectivity index (χ1) is 11.0. The van der Waals surface area contributed by atoms with Crippen molar-refractivity contribution in [2.24, 2.45) is 0 Å². The molecule has 1 heterocycles. The summed E-state index contributed by atoms with van der Waals surface area (Å²) in [4.78, 5) is 27.1. The van der Waals surface area contributed by atoms with Gasteiger partial charge in [0.15, 0.2) is 6.17 Å². The second-order valence-electron chi connectivity index (χ2n) is 5.28. The Balaban J connectivity index is 2.07. The SMILES string of the molecule is CN1C(=O)[C@@H](F)CN(C(=O)c2ccc(F)cc2)c2ccccc21. The summed E-state index contributed by atoms with van der Waals surface area (Å²) in [6.45, 7) is -0.379. The zero-order chi connectivity index (χ0) is 16.6. The van der Waals surface area contributed by atoms with Crippen molar-refractivity contribution in [3.05, 3.63) is 59.9 Å². The Morgan fingerprint density at radius 1 is 1.09 bits per heavy atom. The van der Waals surface area contributed by atoms with Crippen LogP contribution >= 0.6 is 0 Å². The fourth-order valence-corrected chi connectivity index (χ4v) is 2.58. The average molecular weight is 316 g/mol. The summed E-state index contributed by atoms with van der Waals surface area (Å²) in [5.74, 6) is -1.65. The highest BCUT2D eigenvalue weighted by atomic mass is 19.1. The third-order valence-electron chi connectivity index (χ3n) is 3.81. The van der Waals surface area contributed by atoms with Gasteiger partial charge in [-0.2, -0.15) is 0 Å². The molecule has 0 N–H and O–H groups in total. The summed E-state index contributed by atoms with van der Waals surface area (Å²) >= 11 is 0. The molecule has 0 aliphatic carbocycles. The van der Waals surface area contributed by atoms with Crippen LogP contribution in [0.5, 0.6) is 0 Å². The maximum absolute atomic E-state index is 14.2. The fourth-order valence-electron chi connectivity index (χ4n) is 2.58. The van der Waals surface area contributed by atoms with Gasteiger partial charge in [0.2, 0.25) is 0 Å². The van der Waals surface area contributed by atoms with Gasteiger partial charge in [-0.3, -0.25) is 9.59 Å². The third-order valence-corrected chi connectivity index (χ3v) is 3.81. The van der Waals surface area contributed by atoms with Crippen LogP contribution in [-0.4, -0.2) is 31.6 Å². The van der Waals surface area contributed by atoms with Crippen LogP contribution in [0.2, 0.25) is 0 Å². The zero-order valence-electron chi connectivity index (χ0n) is 12.4. The minimum atomic E-state index is -1.82. The number of rotatable bonds is 1. The van der Waals surface area contributed by atoms with E-state index in [9.17, 15) is 18.4 Å². The molecular weight excluding hydrogens is 302 g/mol. The largest absolute Gasteiger partial charge is 0.311 e. The van der Waals surface area contributed by atoms with Crippen LogP contribution in [0, 0.1) is 5.82 Å². The van der Waals surface area contributed by atoms with E-state index in [4.69, 9.17) is 0 Å². The highest BCUT2D eigenvalue weighted by Gasteiger charge is 2.34. The van der Waals surface area contributed by atoms with Crippen LogP contribution in [0.1, 0.15) is 10.4 Å². The molecule has 0 aromatic heterocycles. The van der Waals surface area contributed by atoms with Gasteiger partial charge in [0.1, 0.15) is 5.82 Å². The molecular formula is C17H14F2N2O2.